The summed E-state index contributed by atoms with van der Waals surface area (Å²) in [4.78, 5) is 4.18. The average Bonchev–Trinajstić information content (AvgIpc) is 2.65. The van der Waals surface area contributed by atoms with Crippen molar-refractivity contribution in [2.75, 3.05) is 6.61 Å². The summed E-state index contributed by atoms with van der Waals surface area (Å²) in [5, 5.41) is 11.1. The first-order valence-electron chi connectivity index (χ1n) is 4.71. The van der Waals surface area contributed by atoms with Crippen LogP contribution in [0.2, 0.25) is 0 Å². The van der Waals surface area contributed by atoms with E-state index in [9.17, 15) is 8.78 Å². The van der Waals surface area contributed by atoms with Crippen LogP contribution >= 0.6 is 11.3 Å². The van der Waals surface area contributed by atoms with Crippen molar-refractivity contribution >= 4 is 11.3 Å². The van der Waals surface area contributed by atoms with Crippen molar-refractivity contribution in [3.8, 4) is 10.6 Å². The molecule has 0 spiro atoms. The number of hydrogen-bond acceptors (Lipinski definition) is 3. The predicted molar refractivity (Wildman–Crippen MR) is 58.3 cm³/mol. The van der Waals surface area contributed by atoms with Crippen LogP contribution in [0.25, 0.3) is 10.6 Å². The van der Waals surface area contributed by atoms with Crippen LogP contribution in [0.15, 0.2) is 23.6 Å². The Balaban J connectivity index is 2.34. The summed E-state index contributed by atoms with van der Waals surface area (Å²) in [5.74, 6) is -1.23. The van der Waals surface area contributed by atoms with E-state index in [1.165, 1.54) is 23.5 Å². The molecule has 1 N–H and O–H groups in total. The van der Waals surface area contributed by atoms with Crippen LogP contribution in [0.3, 0.4) is 0 Å². The maximum Gasteiger partial charge on any atom is 0.126 e. The molecule has 0 saturated heterocycles. The van der Waals surface area contributed by atoms with E-state index in [2.05, 4.69) is 4.98 Å². The molecule has 1 aromatic heterocycles. The van der Waals surface area contributed by atoms with Gasteiger partial charge < -0.3 is 5.11 Å². The molecule has 2 nitrogen and oxygen atoms in total. The fraction of sp³-hybridized carbons (Fsp3) is 0.182. The predicted octanol–water partition coefficient (Wildman–Crippen LogP) is 2.62. The highest BCUT2D eigenvalue weighted by Crippen LogP contribution is 2.25. The van der Waals surface area contributed by atoms with Crippen LogP contribution in [-0.2, 0) is 6.42 Å². The molecule has 1 heterocycles. The van der Waals surface area contributed by atoms with Gasteiger partial charge in [0, 0.05) is 30.0 Å². The Labute approximate surface area is 95.2 Å². The lowest BCUT2D eigenvalue weighted by Crippen LogP contribution is -1.90. The molecule has 0 atom stereocenters. The summed E-state index contributed by atoms with van der Waals surface area (Å²) in [5.41, 5.74) is 1.15. The largest absolute Gasteiger partial charge is 0.396 e. The topological polar surface area (TPSA) is 33.1 Å². The third kappa shape index (κ3) is 2.43. The van der Waals surface area contributed by atoms with E-state index in [-0.39, 0.29) is 6.61 Å². The van der Waals surface area contributed by atoms with Crippen LogP contribution in [0.5, 0.6) is 0 Å². The molecule has 84 valence electrons. The van der Waals surface area contributed by atoms with Gasteiger partial charge in [-0.05, 0) is 12.1 Å². The summed E-state index contributed by atoms with van der Waals surface area (Å²) in [7, 11) is 0. The van der Waals surface area contributed by atoms with Crippen LogP contribution in [-0.4, -0.2) is 16.7 Å². The number of benzene rings is 1. The first-order chi connectivity index (χ1) is 7.69. The molecule has 16 heavy (non-hydrogen) atoms. The highest BCUT2D eigenvalue weighted by Gasteiger charge is 2.07. The first kappa shape index (κ1) is 11.2. The first-order valence-corrected chi connectivity index (χ1v) is 5.59. The second kappa shape index (κ2) is 4.67. The standard InChI is InChI=1S/C11H9F2NOS/c12-8-3-7(4-9(13)5-8)11-14-10(1-2-15)6-16-11/h3-6,15H,1-2H2. The molecule has 0 aliphatic carbocycles. The van der Waals surface area contributed by atoms with E-state index < -0.39 is 11.6 Å². The van der Waals surface area contributed by atoms with Gasteiger partial charge in [-0.15, -0.1) is 11.3 Å². The molecule has 2 rings (SSSR count). The molecule has 0 unspecified atom stereocenters. The molecule has 0 saturated carbocycles. The third-order valence-electron chi connectivity index (χ3n) is 2.03. The molecule has 0 radical (unpaired) electrons. The maximum atomic E-state index is 13.0. The van der Waals surface area contributed by atoms with Crippen molar-refractivity contribution in [1.29, 1.82) is 0 Å². The van der Waals surface area contributed by atoms with Gasteiger partial charge in [-0.25, -0.2) is 13.8 Å². The van der Waals surface area contributed by atoms with E-state index in [0.29, 0.717) is 17.0 Å². The van der Waals surface area contributed by atoms with Crippen LogP contribution in [0.1, 0.15) is 5.69 Å². The second-order valence-corrected chi connectivity index (χ2v) is 4.13. The summed E-state index contributed by atoms with van der Waals surface area (Å²) >= 11 is 1.30. The van der Waals surface area contributed by atoms with Gasteiger partial charge in [0.15, 0.2) is 0 Å². The Morgan fingerprint density at radius 1 is 1.19 bits per heavy atom. The molecular formula is C11H9F2NOS. The summed E-state index contributed by atoms with van der Waals surface area (Å²) in [6.07, 6.45) is 0.453. The van der Waals surface area contributed by atoms with E-state index in [1.54, 1.807) is 5.38 Å². The van der Waals surface area contributed by atoms with Crippen LogP contribution in [0.4, 0.5) is 8.78 Å². The summed E-state index contributed by atoms with van der Waals surface area (Å²) in [6, 6.07) is 3.31. The normalized spacial score (nSPS) is 10.7. The number of hydrogen-bond donors (Lipinski definition) is 1. The number of thiazole rings is 1. The van der Waals surface area contributed by atoms with E-state index in [4.69, 9.17) is 5.11 Å². The molecule has 5 heteroatoms. The molecule has 0 bridgehead atoms. The van der Waals surface area contributed by atoms with Crippen LogP contribution < -0.4 is 0 Å². The smallest absolute Gasteiger partial charge is 0.126 e. The van der Waals surface area contributed by atoms with E-state index >= 15 is 0 Å². The lowest BCUT2D eigenvalue weighted by atomic mass is 10.2. The molecule has 0 aliphatic heterocycles. The monoisotopic (exact) mass is 241 g/mol. The minimum atomic E-state index is -0.617. The molecule has 0 fully saturated rings. The second-order valence-electron chi connectivity index (χ2n) is 3.28. The SMILES string of the molecule is OCCc1csc(-c2cc(F)cc(F)c2)n1. The summed E-state index contributed by atoms with van der Waals surface area (Å²) in [6.45, 7) is 0.0146. The van der Waals surface area contributed by atoms with Gasteiger partial charge in [0.2, 0.25) is 0 Å². The number of nitrogens with zero attached hydrogens (tertiary/aromatic N) is 1. The van der Waals surface area contributed by atoms with Crippen molar-refractivity contribution < 1.29 is 13.9 Å². The van der Waals surface area contributed by atoms with Crippen molar-refractivity contribution in [2.45, 2.75) is 6.42 Å². The molecule has 0 amide bonds. The van der Waals surface area contributed by atoms with Crippen molar-refractivity contribution in [2.24, 2.45) is 0 Å². The number of halogens is 2. The highest BCUT2D eigenvalue weighted by molar-refractivity contribution is 7.13. The fourth-order valence-corrected chi connectivity index (χ4v) is 2.19. The van der Waals surface area contributed by atoms with Gasteiger partial charge in [-0.1, -0.05) is 0 Å². The third-order valence-corrected chi connectivity index (χ3v) is 2.97. The molecule has 1 aromatic carbocycles. The fourth-order valence-electron chi connectivity index (χ4n) is 1.35. The summed E-state index contributed by atoms with van der Waals surface area (Å²) < 4.78 is 25.9. The number of aromatic nitrogens is 1. The lowest BCUT2D eigenvalue weighted by molar-refractivity contribution is 0.298. The zero-order valence-electron chi connectivity index (χ0n) is 8.28. The number of aliphatic hydroxyl groups excluding tert-OH is 1. The maximum absolute atomic E-state index is 13.0. The quantitative estimate of drug-likeness (QED) is 0.896. The molecule has 2 aromatic rings. The van der Waals surface area contributed by atoms with Crippen molar-refractivity contribution in [3.05, 3.63) is 40.9 Å². The van der Waals surface area contributed by atoms with Gasteiger partial charge in [-0.3, -0.25) is 0 Å². The molecule has 0 aliphatic rings. The highest BCUT2D eigenvalue weighted by atomic mass is 32.1. The van der Waals surface area contributed by atoms with Gasteiger partial charge in [0.05, 0.1) is 5.69 Å². The van der Waals surface area contributed by atoms with Gasteiger partial charge >= 0.3 is 0 Å². The Kier molecular flexibility index (Phi) is 3.26. The Hall–Kier alpha value is -1.33. The minimum absolute atomic E-state index is 0.0146. The van der Waals surface area contributed by atoms with Crippen LogP contribution in [0, 0.1) is 11.6 Å². The van der Waals surface area contributed by atoms with Crippen molar-refractivity contribution in [3.63, 3.8) is 0 Å². The van der Waals surface area contributed by atoms with Gasteiger partial charge in [0.1, 0.15) is 16.6 Å². The zero-order chi connectivity index (χ0) is 11.5. The van der Waals surface area contributed by atoms with E-state index in [0.717, 1.165) is 11.8 Å². The van der Waals surface area contributed by atoms with E-state index in [1.807, 2.05) is 0 Å². The zero-order valence-corrected chi connectivity index (χ0v) is 9.10. The number of rotatable bonds is 3. The Morgan fingerprint density at radius 2 is 1.88 bits per heavy atom. The van der Waals surface area contributed by atoms with Crippen molar-refractivity contribution in [1.82, 2.24) is 4.98 Å². The minimum Gasteiger partial charge on any atom is -0.396 e. The Bertz CT molecular complexity index is 478. The Morgan fingerprint density at radius 3 is 2.50 bits per heavy atom. The van der Waals surface area contributed by atoms with Gasteiger partial charge in [-0.2, -0.15) is 0 Å². The number of aliphatic hydroxyl groups is 1. The lowest BCUT2D eigenvalue weighted by Gasteiger charge is -1.97. The average molecular weight is 241 g/mol. The van der Waals surface area contributed by atoms with Gasteiger partial charge in [0.25, 0.3) is 0 Å². The molecular weight excluding hydrogens is 232 g/mol.